The quantitative estimate of drug-likeness (QED) is 0.858. The summed E-state index contributed by atoms with van der Waals surface area (Å²) in [6.45, 7) is 0. The van der Waals surface area contributed by atoms with Crippen LogP contribution in [0.15, 0.2) is 29.1 Å². The molecule has 1 aliphatic carbocycles. The van der Waals surface area contributed by atoms with Gasteiger partial charge in [-0.05, 0) is 31.7 Å². The van der Waals surface area contributed by atoms with E-state index < -0.39 is 6.43 Å². The van der Waals surface area contributed by atoms with Gasteiger partial charge in [0.15, 0.2) is 0 Å². The largest absolute Gasteiger partial charge is 0.306 e. The van der Waals surface area contributed by atoms with Crippen LogP contribution in [0.3, 0.4) is 0 Å². The van der Waals surface area contributed by atoms with Crippen LogP contribution in [-0.2, 0) is 12.8 Å². The number of aryl methyl sites for hydroxylation is 1. The zero-order valence-corrected chi connectivity index (χ0v) is 11.5. The first kappa shape index (κ1) is 13.9. The Morgan fingerprint density at radius 1 is 1.14 bits per heavy atom. The van der Waals surface area contributed by atoms with Gasteiger partial charge in [0.1, 0.15) is 5.82 Å². The Hall–Kier alpha value is -2.04. The highest BCUT2D eigenvalue weighted by atomic mass is 19.3. The molecule has 1 aromatic carbocycles. The second-order valence-corrected chi connectivity index (χ2v) is 5.33. The molecule has 2 aromatic rings. The molecule has 0 saturated heterocycles. The first-order valence-corrected chi connectivity index (χ1v) is 7.15. The normalized spacial score (nSPS) is 14.8. The van der Waals surface area contributed by atoms with Gasteiger partial charge < -0.3 is 4.98 Å². The number of fused-ring (bicyclic) bond motifs is 1. The number of rotatable bonds is 2. The topological polar surface area (TPSA) is 45.8 Å². The summed E-state index contributed by atoms with van der Waals surface area (Å²) in [4.78, 5) is 19.4. The molecule has 3 nitrogen and oxygen atoms in total. The van der Waals surface area contributed by atoms with Crippen LogP contribution in [0.25, 0.3) is 11.4 Å². The van der Waals surface area contributed by atoms with E-state index in [9.17, 15) is 13.6 Å². The van der Waals surface area contributed by atoms with Crippen molar-refractivity contribution in [1.29, 1.82) is 0 Å². The third-order valence-corrected chi connectivity index (χ3v) is 3.85. The molecule has 0 saturated carbocycles. The highest BCUT2D eigenvalue weighted by Gasteiger charge is 2.16. The molecule has 0 spiro atoms. The van der Waals surface area contributed by atoms with Crippen molar-refractivity contribution < 1.29 is 8.78 Å². The molecule has 1 aromatic heterocycles. The van der Waals surface area contributed by atoms with Crippen molar-refractivity contribution in [3.05, 3.63) is 51.4 Å². The Morgan fingerprint density at radius 2 is 1.95 bits per heavy atom. The van der Waals surface area contributed by atoms with Crippen molar-refractivity contribution in [2.45, 2.75) is 38.5 Å². The van der Waals surface area contributed by atoms with E-state index in [-0.39, 0.29) is 11.1 Å². The number of alkyl halides is 2. The molecule has 0 fully saturated rings. The summed E-state index contributed by atoms with van der Waals surface area (Å²) >= 11 is 0. The van der Waals surface area contributed by atoms with Crippen LogP contribution in [-0.4, -0.2) is 9.97 Å². The van der Waals surface area contributed by atoms with Gasteiger partial charge in [0.25, 0.3) is 12.0 Å². The van der Waals surface area contributed by atoms with Crippen LogP contribution in [0.2, 0.25) is 0 Å². The van der Waals surface area contributed by atoms with Crippen molar-refractivity contribution in [2.24, 2.45) is 0 Å². The lowest BCUT2D eigenvalue weighted by molar-refractivity contribution is 0.151. The number of H-pyrrole nitrogens is 1. The lowest BCUT2D eigenvalue weighted by Gasteiger charge is -2.08. The molecule has 1 heterocycles. The summed E-state index contributed by atoms with van der Waals surface area (Å²) in [5, 5.41) is 0. The number of aromatic amines is 1. The second-order valence-electron chi connectivity index (χ2n) is 5.33. The predicted octanol–water partition coefficient (Wildman–Crippen LogP) is 3.64. The van der Waals surface area contributed by atoms with Gasteiger partial charge in [-0.3, -0.25) is 4.79 Å². The van der Waals surface area contributed by atoms with E-state index in [0.717, 1.165) is 43.4 Å². The zero-order chi connectivity index (χ0) is 14.8. The van der Waals surface area contributed by atoms with Crippen LogP contribution in [0, 0.1) is 0 Å². The number of nitrogens with zero attached hydrogens (tertiary/aromatic N) is 1. The molecular formula is C16H16F2N2O. The summed E-state index contributed by atoms with van der Waals surface area (Å²) in [7, 11) is 0. The Bertz CT molecular complexity index is 710. The van der Waals surface area contributed by atoms with Gasteiger partial charge in [0, 0.05) is 16.7 Å². The molecule has 0 atom stereocenters. The number of halogens is 2. The van der Waals surface area contributed by atoms with Crippen molar-refractivity contribution in [3.63, 3.8) is 0 Å². The van der Waals surface area contributed by atoms with E-state index in [1.807, 2.05) is 0 Å². The minimum atomic E-state index is -2.53. The van der Waals surface area contributed by atoms with Crippen LogP contribution in [0.4, 0.5) is 8.78 Å². The second kappa shape index (κ2) is 5.76. The molecule has 0 radical (unpaired) electrons. The molecular weight excluding hydrogens is 274 g/mol. The predicted molar refractivity (Wildman–Crippen MR) is 76.5 cm³/mol. The first-order chi connectivity index (χ1) is 10.1. The summed E-state index contributed by atoms with van der Waals surface area (Å²) in [5.41, 5.74) is 1.89. The maximum atomic E-state index is 12.8. The third-order valence-electron chi connectivity index (χ3n) is 3.85. The molecule has 1 N–H and O–H groups in total. The number of benzene rings is 1. The van der Waals surface area contributed by atoms with Gasteiger partial charge in [-0.15, -0.1) is 0 Å². The van der Waals surface area contributed by atoms with Gasteiger partial charge >= 0.3 is 0 Å². The Labute approximate surface area is 121 Å². The number of hydrogen-bond donors (Lipinski definition) is 1. The fourth-order valence-corrected chi connectivity index (χ4v) is 2.74. The smallest absolute Gasteiger partial charge is 0.263 e. The maximum Gasteiger partial charge on any atom is 0.263 e. The monoisotopic (exact) mass is 290 g/mol. The summed E-state index contributed by atoms with van der Waals surface area (Å²) in [6, 6.07) is 6.00. The molecule has 1 aliphatic rings. The van der Waals surface area contributed by atoms with E-state index in [4.69, 9.17) is 0 Å². The minimum Gasteiger partial charge on any atom is -0.306 e. The van der Waals surface area contributed by atoms with E-state index in [1.165, 1.54) is 12.1 Å². The standard InChI is InChI=1S/C16H16F2N2O/c17-14(18)10-5-4-6-11(9-10)15-19-13-8-3-1-2-7-12(13)16(21)20-15/h4-6,9,14H,1-3,7-8H2,(H,19,20,21). The van der Waals surface area contributed by atoms with Crippen molar-refractivity contribution in [3.8, 4) is 11.4 Å². The van der Waals surface area contributed by atoms with Crippen LogP contribution >= 0.6 is 0 Å². The number of hydrogen-bond acceptors (Lipinski definition) is 2. The molecule has 110 valence electrons. The van der Waals surface area contributed by atoms with Crippen LogP contribution < -0.4 is 5.56 Å². The van der Waals surface area contributed by atoms with Crippen molar-refractivity contribution in [1.82, 2.24) is 9.97 Å². The minimum absolute atomic E-state index is 0.0647. The molecule has 5 heteroatoms. The molecule has 0 aliphatic heterocycles. The van der Waals surface area contributed by atoms with E-state index in [2.05, 4.69) is 9.97 Å². The lowest BCUT2D eigenvalue weighted by Crippen LogP contribution is -2.18. The molecule has 0 unspecified atom stereocenters. The van der Waals surface area contributed by atoms with E-state index in [1.54, 1.807) is 12.1 Å². The highest BCUT2D eigenvalue weighted by molar-refractivity contribution is 5.56. The first-order valence-electron chi connectivity index (χ1n) is 7.15. The van der Waals surface area contributed by atoms with Crippen LogP contribution in [0.5, 0.6) is 0 Å². The average molecular weight is 290 g/mol. The molecule has 3 rings (SSSR count). The molecule has 0 bridgehead atoms. The number of nitrogens with one attached hydrogen (secondary N) is 1. The lowest BCUT2D eigenvalue weighted by atomic mass is 10.1. The summed E-state index contributed by atoms with van der Waals surface area (Å²) in [5.74, 6) is 0.378. The van der Waals surface area contributed by atoms with Gasteiger partial charge in [-0.1, -0.05) is 24.6 Å². The fraction of sp³-hybridized carbons (Fsp3) is 0.375. The van der Waals surface area contributed by atoms with Gasteiger partial charge in [-0.25, -0.2) is 13.8 Å². The van der Waals surface area contributed by atoms with Crippen molar-refractivity contribution in [2.75, 3.05) is 0 Å². The van der Waals surface area contributed by atoms with Gasteiger partial charge in [0.2, 0.25) is 0 Å². The van der Waals surface area contributed by atoms with Crippen molar-refractivity contribution >= 4 is 0 Å². The molecule has 0 amide bonds. The fourth-order valence-electron chi connectivity index (χ4n) is 2.74. The Kier molecular flexibility index (Phi) is 3.82. The third kappa shape index (κ3) is 2.86. The Morgan fingerprint density at radius 3 is 2.76 bits per heavy atom. The van der Waals surface area contributed by atoms with E-state index >= 15 is 0 Å². The SMILES string of the molecule is O=c1[nH]c(-c2cccc(C(F)F)c2)nc2c1CCCCC2. The summed E-state index contributed by atoms with van der Waals surface area (Å²) in [6.07, 6.45) is 2.09. The highest BCUT2D eigenvalue weighted by Crippen LogP contribution is 2.24. The van der Waals surface area contributed by atoms with Crippen LogP contribution in [0.1, 0.15) is 42.5 Å². The molecule has 21 heavy (non-hydrogen) atoms. The number of aromatic nitrogens is 2. The Balaban J connectivity index is 2.07. The maximum absolute atomic E-state index is 12.8. The zero-order valence-electron chi connectivity index (χ0n) is 11.5. The average Bonchev–Trinajstić information content (AvgIpc) is 2.73. The van der Waals surface area contributed by atoms with Gasteiger partial charge in [-0.2, -0.15) is 0 Å². The van der Waals surface area contributed by atoms with E-state index in [0.29, 0.717) is 11.4 Å². The summed E-state index contributed by atoms with van der Waals surface area (Å²) < 4.78 is 25.6. The van der Waals surface area contributed by atoms with Gasteiger partial charge in [0.05, 0.1) is 5.69 Å².